The number of carboxylic acids is 1. The van der Waals surface area contributed by atoms with Gasteiger partial charge in [-0.1, -0.05) is 29.5 Å². The lowest BCUT2D eigenvalue weighted by Crippen LogP contribution is -2.33. The van der Waals surface area contributed by atoms with E-state index in [0.29, 0.717) is 41.6 Å². The number of aromatic carboxylic acids is 1. The van der Waals surface area contributed by atoms with Crippen LogP contribution < -0.4 is 4.74 Å². The van der Waals surface area contributed by atoms with E-state index in [1.807, 2.05) is 22.8 Å². The molecule has 1 N–H and O–H groups in total. The number of nitriles is 1. The van der Waals surface area contributed by atoms with Gasteiger partial charge in [0.2, 0.25) is 10.9 Å². The average Bonchev–Trinajstić information content (AvgIpc) is 3.49. The van der Waals surface area contributed by atoms with Crippen molar-refractivity contribution >= 4 is 33.4 Å². The third-order valence-corrected chi connectivity index (χ3v) is 7.95. The first-order valence-electron chi connectivity index (χ1n) is 12.9. The number of imidazole rings is 1. The summed E-state index contributed by atoms with van der Waals surface area (Å²) in [5.41, 5.74) is 3.14. The van der Waals surface area contributed by atoms with Gasteiger partial charge in [0.15, 0.2) is 10.5 Å². The molecule has 1 saturated heterocycles. The molecular formula is C28H25FN6O4S. The van der Waals surface area contributed by atoms with E-state index in [1.54, 1.807) is 18.2 Å². The van der Waals surface area contributed by atoms with E-state index >= 15 is 0 Å². The Kier molecular flexibility index (Phi) is 7.25. The Labute approximate surface area is 232 Å². The molecule has 2 aliphatic rings. The maximum absolute atomic E-state index is 14.2. The summed E-state index contributed by atoms with van der Waals surface area (Å²) in [6.45, 7) is 3.46. The van der Waals surface area contributed by atoms with Crippen LogP contribution in [0.1, 0.15) is 45.3 Å². The number of halogens is 1. The summed E-state index contributed by atoms with van der Waals surface area (Å²) in [6, 6.07) is 11.8. The van der Waals surface area contributed by atoms with Crippen LogP contribution in [0.2, 0.25) is 0 Å². The molecule has 5 heterocycles. The molecule has 204 valence electrons. The third-order valence-electron chi connectivity index (χ3n) is 7.02. The van der Waals surface area contributed by atoms with Crippen LogP contribution in [0, 0.1) is 17.1 Å². The zero-order valence-corrected chi connectivity index (χ0v) is 22.2. The van der Waals surface area contributed by atoms with Gasteiger partial charge in [0.1, 0.15) is 18.2 Å². The van der Waals surface area contributed by atoms with Crippen LogP contribution in [-0.4, -0.2) is 61.3 Å². The first-order valence-corrected chi connectivity index (χ1v) is 13.7. The molecule has 6 rings (SSSR count). The molecule has 3 aromatic heterocycles. The summed E-state index contributed by atoms with van der Waals surface area (Å²) in [7, 11) is 0. The third kappa shape index (κ3) is 5.44. The highest BCUT2D eigenvalue weighted by molar-refractivity contribution is 7.19. The molecule has 2 aliphatic heterocycles. The number of nitrogens with zero attached hydrogens (tertiary/aromatic N) is 6. The quantitative estimate of drug-likeness (QED) is 0.320. The van der Waals surface area contributed by atoms with Gasteiger partial charge in [0.05, 0.1) is 36.5 Å². The van der Waals surface area contributed by atoms with Crippen LogP contribution in [0.5, 0.6) is 5.88 Å². The molecule has 0 radical (unpaired) electrons. The molecule has 0 saturated carbocycles. The smallest absolute Gasteiger partial charge is 0.365 e. The van der Waals surface area contributed by atoms with Crippen molar-refractivity contribution in [3.8, 4) is 11.9 Å². The Hall–Kier alpha value is -4.18. The standard InChI is InChI=1S/C28H25FN6O4S/c29-21-12-17(13-30)4-5-19(21)16-39-24-3-1-2-22(31-24)18-6-9-34(10-7-18)15-23-32-26-25(33-27(40-26)28(36)37)35(23)14-20-8-11-38-20/h1-6,12,20H,7-11,14-16H2,(H,36,37)/t20-/m0/s1. The molecule has 1 aromatic carbocycles. The van der Waals surface area contributed by atoms with Crippen molar-refractivity contribution in [2.45, 2.75) is 38.6 Å². The molecule has 1 fully saturated rings. The number of hydrogen-bond acceptors (Lipinski definition) is 9. The number of carbonyl (C=O) groups is 1. The summed E-state index contributed by atoms with van der Waals surface area (Å²) in [5, 5.41) is 18.3. The summed E-state index contributed by atoms with van der Waals surface area (Å²) < 4.78 is 27.6. The minimum atomic E-state index is -1.05. The maximum Gasteiger partial charge on any atom is 0.365 e. The Morgan fingerprint density at radius 1 is 1.27 bits per heavy atom. The highest BCUT2D eigenvalue weighted by Gasteiger charge is 2.26. The predicted octanol–water partition coefficient (Wildman–Crippen LogP) is 4.25. The highest BCUT2D eigenvalue weighted by atomic mass is 32.1. The fraction of sp³-hybridized carbons (Fsp3) is 0.321. The van der Waals surface area contributed by atoms with Crippen molar-refractivity contribution in [3.63, 3.8) is 0 Å². The van der Waals surface area contributed by atoms with Gasteiger partial charge in [-0.2, -0.15) is 5.26 Å². The van der Waals surface area contributed by atoms with Crippen LogP contribution in [0.15, 0.2) is 42.5 Å². The topological polar surface area (TPSA) is 126 Å². The van der Waals surface area contributed by atoms with E-state index in [2.05, 4.69) is 20.9 Å². The zero-order chi connectivity index (χ0) is 27.6. The number of rotatable bonds is 9. The van der Waals surface area contributed by atoms with E-state index in [9.17, 15) is 14.3 Å². The Balaban J connectivity index is 1.12. The molecule has 10 nitrogen and oxygen atoms in total. The predicted molar refractivity (Wildman–Crippen MR) is 144 cm³/mol. The lowest BCUT2D eigenvalue weighted by atomic mass is 10.0. The Bertz CT molecular complexity index is 1650. The van der Waals surface area contributed by atoms with E-state index < -0.39 is 11.8 Å². The molecule has 1 atom stereocenters. The minimum absolute atomic E-state index is 0.0135. The van der Waals surface area contributed by atoms with Gasteiger partial charge in [0.25, 0.3) is 0 Å². The number of hydrogen-bond donors (Lipinski definition) is 1. The van der Waals surface area contributed by atoms with Gasteiger partial charge in [-0.05, 0) is 36.6 Å². The second-order valence-corrected chi connectivity index (χ2v) is 10.6. The lowest BCUT2D eigenvalue weighted by Gasteiger charge is -2.29. The maximum atomic E-state index is 14.2. The number of thiazole rings is 1. The number of ether oxygens (including phenoxy) is 2. The first kappa shape index (κ1) is 26.1. The number of aromatic nitrogens is 4. The van der Waals surface area contributed by atoms with Gasteiger partial charge in [0, 0.05) is 31.3 Å². The molecular weight excluding hydrogens is 535 g/mol. The summed E-state index contributed by atoms with van der Waals surface area (Å²) in [5.74, 6) is -0.280. The number of benzene rings is 1. The summed E-state index contributed by atoms with van der Waals surface area (Å²) >= 11 is 1.09. The van der Waals surface area contributed by atoms with Crippen molar-refractivity contribution in [2.24, 2.45) is 0 Å². The van der Waals surface area contributed by atoms with Crippen molar-refractivity contribution in [2.75, 3.05) is 19.7 Å². The van der Waals surface area contributed by atoms with Crippen LogP contribution >= 0.6 is 11.3 Å². The normalized spacial score (nSPS) is 17.3. The fourth-order valence-corrected chi connectivity index (χ4v) is 5.54. The molecule has 0 unspecified atom stereocenters. The average molecular weight is 561 g/mol. The molecule has 40 heavy (non-hydrogen) atoms. The Morgan fingerprint density at radius 2 is 2.15 bits per heavy atom. The number of pyridine rings is 1. The Morgan fingerprint density at radius 3 is 2.85 bits per heavy atom. The van der Waals surface area contributed by atoms with E-state index in [1.165, 1.54) is 6.07 Å². The lowest BCUT2D eigenvalue weighted by molar-refractivity contribution is -0.0592. The largest absolute Gasteiger partial charge is 0.476 e. The highest BCUT2D eigenvalue weighted by Crippen LogP contribution is 2.28. The monoisotopic (exact) mass is 560 g/mol. The van der Waals surface area contributed by atoms with Gasteiger partial charge >= 0.3 is 5.97 Å². The summed E-state index contributed by atoms with van der Waals surface area (Å²) in [4.78, 5) is 28.0. The van der Waals surface area contributed by atoms with E-state index in [-0.39, 0.29) is 23.3 Å². The molecule has 0 spiro atoms. The van der Waals surface area contributed by atoms with Crippen LogP contribution in [0.3, 0.4) is 0 Å². The van der Waals surface area contributed by atoms with Gasteiger partial charge in [-0.3, -0.25) is 4.90 Å². The van der Waals surface area contributed by atoms with E-state index in [0.717, 1.165) is 54.4 Å². The van der Waals surface area contributed by atoms with Crippen molar-refractivity contribution < 1.29 is 23.8 Å². The van der Waals surface area contributed by atoms with Crippen molar-refractivity contribution in [3.05, 3.63) is 75.9 Å². The number of fused-ring (bicyclic) bond motifs is 1. The van der Waals surface area contributed by atoms with Crippen LogP contribution in [0.25, 0.3) is 16.1 Å². The molecule has 0 bridgehead atoms. The van der Waals surface area contributed by atoms with Gasteiger partial charge < -0.3 is 19.1 Å². The van der Waals surface area contributed by atoms with Crippen molar-refractivity contribution in [1.29, 1.82) is 5.26 Å². The van der Waals surface area contributed by atoms with E-state index in [4.69, 9.17) is 19.7 Å². The van der Waals surface area contributed by atoms with Crippen LogP contribution in [0.4, 0.5) is 4.39 Å². The molecule has 0 amide bonds. The van der Waals surface area contributed by atoms with Gasteiger partial charge in [-0.25, -0.2) is 24.1 Å². The fourth-order valence-electron chi connectivity index (χ4n) is 4.74. The second-order valence-electron chi connectivity index (χ2n) is 9.66. The number of carboxylic acid groups (broad SMARTS) is 1. The zero-order valence-electron chi connectivity index (χ0n) is 21.4. The summed E-state index contributed by atoms with van der Waals surface area (Å²) in [6.07, 6.45) is 3.97. The van der Waals surface area contributed by atoms with Crippen molar-refractivity contribution in [1.82, 2.24) is 24.4 Å². The minimum Gasteiger partial charge on any atom is -0.476 e. The first-order chi connectivity index (χ1) is 19.5. The molecule has 0 aliphatic carbocycles. The van der Waals surface area contributed by atoms with Gasteiger partial charge in [-0.15, -0.1) is 0 Å². The SMILES string of the molecule is N#Cc1ccc(COc2cccc(C3=CCN(Cc4nc5sc(C(=O)O)nc5n4C[C@@H]4CCO4)CC3)n2)c(F)c1. The second kappa shape index (κ2) is 11.1. The molecule has 12 heteroatoms. The van der Waals surface area contributed by atoms with Crippen LogP contribution in [-0.2, 0) is 24.4 Å². The molecule has 4 aromatic rings.